The zero-order valence-corrected chi connectivity index (χ0v) is 19.2. The minimum absolute atomic E-state index is 0.620. The third kappa shape index (κ3) is 3.53. The Hall–Kier alpha value is -3.44. The van der Waals surface area contributed by atoms with Gasteiger partial charge in [-0.2, -0.15) is 0 Å². The maximum atomic E-state index is 5.61. The van der Waals surface area contributed by atoms with Crippen LogP contribution in [0.2, 0.25) is 0 Å². The summed E-state index contributed by atoms with van der Waals surface area (Å²) in [7, 11) is 0. The fraction of sp³-hybridized carbons (Fsp3) is 0.286. The van der Waals surface area contributed by atoms with Crippen LogP contribution in [0.1, 0.15) is 41.0 Å². The van der Waals surface area contributed by atoms with E-state index in [4.69, 9.17) is 4.74 Å². The zero-order chi connectivity index (χ0) is 22.5. The molecule has 0 spiro atoms. The lowest BCUT2D eigenvalue weighted by Crippen LogP contribution is -2.18. The lowest BCUT2D eigenvalue weighted by Gasteiger charge is -2.23. The minimum atomic E-state index is 0.620. The quantitative estimate of drug-likeness (QED) is 0.394. The Labute approximate surface area is 194 Å². The smallest absolute Gasteiger partial charge is 0.119 e. The molecule has 1 saturated carbocycles. The first kappa shape index (κ1) is 20.2. The van der Waals surface area contributed by atoms with Crippen molar-refractivity contribution in [2.75, 3.05) is 19.9 Å². The first-order chi connectivity index (χ1) is 16.1. The third-order valence-electron chi connectivity index (χ3n) is 7.03. The molecule has 0 amide bonds. The number of nitrogens with zero attached hydrogens (tertiary/aromatic N) is 4. The molecule has 4 aromatic rings. The molecule has 3 aromatic carbocycles. The standard InChI is InChI=1S/C28H28N4O/c1-18-8-11-23(32-28-7-5-4-6-27(28)29-30-32)16-24(18)26-15-22(21-9-10-21)14-25(19(26)2)20(3)31-12-13-33-17-31/h4-8,11,14-16,21H,3,9-10,12-13,17H2,1-2H3. The summed E-state index contributed by atoms with van der Waals surface area (Å²) in [6.07, 6.45) is 2.54. The molecule has 1 aliphatic heterocycles. The van der Waals surface area contributed by atoms with Crippen molar-refractivity contribution in [1.82, 2.24) is 19.9 Å². The molecule has 1 aromatic heterocycles. The molecule has 2 aliphatic rings. The van der Waals surface area contributed by atoms with E-state index < -0.39 is 0 Å². The highest BCUT2D eigenvalue weighted by Gasteiger charge is 2.27. The van der Waals surface area contributed by atoms with E-state index in [0.717, 1.165) is 35.6 Å². The van der Waals surface area contributed by atoms with Crippen LogP contribution in [0.5, 0.6) is 0 Å². The summed E-state index contributed by atoms with van der Waals surface area (Å²) in [5.41, 5.74) is 11.7. The molecule has 0 unspecified atom stereocenters. The number of para-hydroxylation sites is 1. The molecule has 2 fully saturated rings. The first-order valence-electron chi connectivity index (χ1n) is 11.7. The van der Waals surface area contributed by atoms with E-state index in [1.165, 1.54) is 46.2 Å². The van der Waals surface area contributed by atoms with Crippen LogP contribution in [0.4, 0.5) is 0 Å². The van der Waals surface area contributed by atoms with Crippen molar-refractivity contribution in [3.63, 3.8) is 0 Å². The van der Waals surface area contributed by atoms with Gasteiger partial charge in [0.15, 0.2) is 0 Å². The lowest BCUT2D eigenvalue weighted by molar-refractivity contribution is 0.165. The summed E-state index contributed by atoms with van der Waals surface area (Å²) in [5, 5.41) is 8.79. The van der Waals surface area contributed by atoms with Gasteiger partial charge in [-0.15, -0.1) is 5.10 Å². The highest BCUT2D eigenvalue weighted by Crippen LogP contribution is 2.44. The van der Waals surface area contributed by atoms with Gasteiger partial charge in [-0.3, -0.25) is 0 Å². The van der Waals surface area contributed by atoms with Crippen molar-refractivity contribution in [2.24, 2.45) is 0 Å². The molecular weight excluding hydrogens is 408 g/mol. The fourth-order valence-electron chi connectivity index (χ4n) is 4.86. The van der Waals surface area contributed by atoms with Gasteiger partial charge in [0.05, 0.1) is 17.8 Å². The van der Waals surface area contributed by atoms with Crippen molar-refractivity contribution in [3.8, 4) is 16.8 Å². The Balaban J connectivity index is 1.50. The number of hydrogen-bond acceptors (Lipinski definition) is 4. The van der Waals surface area contributed by atoms with Gasteiger partial charge in [-0.1, -0.05) is 36.1 Å². The van der Waals surface area contributed by atoms with Gasteiger partial charge in [0, 0.05) is 17.8 Å². The van der Waals surface area contributed by atoms with Crippen molar-refractivity contribution < 1.29 is 4.74 Å². The largest absolute Gasteiger partial charge is 0.359 e. The summed E-state index contributed by atoms with van der Waals surface area (Å²) >= 11 is 0. The van der Waals surface area contributed by atoms with Crippen molar-refractivity contribution >= 4 is 16.7 Å². The monoisotopic (exact) mass is 436 g/mol. The first-order valence-corrected chi connectivity index (χ1v) is 11.7. The normalized spacial score (nSPS) is 16.0. The minimum Gasteiger partial charge on any atom is -0.359 e. The second kappa shape index (κ2) is 7.85. The van der Waals surface area contributed by atoms with Crippen LogP contribution in [-0.4, -0.2) is 39.8 Å². The number of benzene rings is 3. The maximum absolute atomic E-state index is 5.61. The van der Waals surface area contributed by atoms with Crippen LogP contribution >= 0.6 is 0 Å². The predicted molar refractivity (Wildman–Crippen MR) is 132 cm³/mol. The van der Waals surface area contributed by atoms with Crippen LogP contribution in [0.3, 0.4) is 0 Å². The van der Waals surface area contributed by atoms with Crippen LogP contribution in [0, 0.1) is 13.8 Å². The van der Waals surface area contributed by atoms with E-state index in [2.05, 4.69) is 72.0 Å². The molecule has 0 radical (unpaired) electrons. The molecule has 2 heterocycles. The van der Waals surface area contributed by atoms with Crippen LogP contribution in [0.25, 0.3) is 33.5 Å². The third-order valence-corrected chi connectivity index (χ3v) is 7.03. The topological polar surface area (TPSA) is 43.2 Å². The van der Waals surface area contributed by atoms with Crippen molar-refractivity contribution in [3.05, 3.63) is 83.4 Å². The summed E-state index contributed by atoms with van der Waals surface area (Å²) < 4.78 is 7.54. The number of ether oxygens (including phenoxy) is 1. The van der Waals surface area contributed by atoms with E-state index in [-0.39, 0.29) is 0 Å². The maximum Gasteiger partial charge on any atom is 0.119 e. The molecule has 6 rings (SSSR count). The van der Waals surface area contributed by atoms with Gasteiger partial charge in [-0.25, -0.2) is 4.68 Å². The molecule has 0 atom stereocenters. The second-order valence-electron chi connectivity index (χ2n) is 9.25. The van der Waals surface area contributed by atoms with Gasteiger partial charge < -0.3 is 9.64 Å². The van der Waals surface area contributed by atoms with Crippen molar-refractivity contribution in [2.45, 2.75) is 32.6 Å². The van der Waals surface area contributed by atoms with Crippen LogP contribution < -0.4 is 0 Å². The average Bonchev–Trinajstić information content (AvgIpc) is 3.36. The lowest BCUT2D eigenvalue weighted by atomic mass is 9.89. The number of hydrogen-bond donors (Lipinski definition) is 0. The van der Waals surface area contributed by atoms with E-state index in [9.17, 15) is 0 Å². The predicted octanol–water partition coefficient (Wildman–Crippen LogP) is 5.84. The second-order valence-corrected chi connectivity index (χ2v) is 9.25. The van der Waals surface area contributed by atoms with E-state index in [0.29, 0.717) is 12.6 Å². The number of fused-ring (bicyclic) bond motifs is 1. The molecule has 1 saturated heterocycles. The van der Waals surface area contributed by atoms with Gasteiger partial charge in [0.2, 0.25) is 0 Å². The number of rotatable bonds is 5. The molecule has 5 heteroatoms. The molecule has 1 aliphatic carbocycles. The summed E-state index contributed by atoms with van der Waals surface area (Å²) in [5.74, 6) is 0.661. The highest BCUT2D eigenvalue weighted by molar-refractivity contribution is 5.81. The Morgan fingerprint density at radius 3 is 2.67 bits per heavy atom. The molecule has 5 nitrogen and oxygen atoms in total. The Morgan fingerprint density at radius 1 is 1.03 bits per heavy atom. The molecule has 0 bridgehead atoms. The van der Waals surface area contributed by atoms with Crippen LogP contribution in [0.15, 0.2) is 61.2 Å². The molecule has 0 N–H and O–H groups in total. The zero-order valence-electron chi connectivity index (χ0n) is 19.2. The molecule has 166 valence electrons. The van der Waals surface area contributed by atoms with E-state index in [1.54, 1.807) is 0 Å². The fourth-order valence-corrected chi connectivity index (χ4v) is 4.86. The molecular formula is C28H28N4O. The SMILES string of the molecule is C=C(c1cc(C2CC2)cc(-c2cc(-n3nnc4ccccc43)ccc2C)c1C)N1CCOC1. The summed E-state index contributed by atoms with van der Waals surface area (Å²) in [6, 6.07) is 19.4. The van der Waals surface area contributed by atoms with Crippen LogP contribution in [-0.2, 0) is 4.74 Å². The van der Waals surface area contributed by atoms with Gasteiger partial charge in [-0.05, 0) is 90.8 Å². The van der Waals surface area contributed by atoms with Crippen molar-refractivity contribution in [1.29, 1.82) is 0 Å². The van der Waals surface area contributed by atoms with E-state index >= 15 is 0 Å². The Morgan fingerprint density at radius 2 is 1.88 bits per heavy atom. The Bertz CT molecular complexity index is 1380. The van der Waals surface area contributed by atoms with E-state index in [1.807, 2.05) is 22.9 Å². The van der Waals surface area contributed by atoms with Gasteiger partial charge in [0.25, 0.3) is 0 Å². The van der Waals surface area contributed by atoms with Gasteiger partial charge >= 0.3 is 0 Å². The Kier molecular flexibility index (Phi) is 4.80. The summed E-state index contributed by atoms with van der Waals surface area (Å²) in [6.45, 7) is 11.2. The highest BCUT2D eigenvalue weighted by atomic mass is 16.5. The summed E-state index contributed by atoms with van der Waals surface area (Å²) in [4.78, 5) is 2.24. The van der Waals surface area contributed by atoms with Gasteiger partial charge in [0.1, 0.15) is 12.2 Å². The number of aromatic nitrogens is 3. The average molecular weight is 437 g/mol. The number of aryl methyl sites for hydroxylation is 1. The molecule has 33 heavy (non-hydrogen) atoms.